The molecule has 1 amide bonds. The third-order valence-electron chi connectivity index (χ3n) is 3.16. The van der Waals surface area contributed by atoms with Crippen molar-refractivity contribution in [2.45, 2.75) is 32.7 Å². The van der Waals surface area contributed by atoms with Crippen LogP contribution in [0, 0.1) is 6.92 Å². The molecule has 0 saturated carbocycles. The summed E-state index contributed by atoms with van der Waals surface area (Å²) < 4.78 is 17.3. The molecule has 120 valence electrons. The fourth-order valence-corrected chi connectivity index (χ4v) is 3.70. The molecule has 21 heavy (non-hydrogen) atoms. The average Bonchev–Trinajstić information content (AvgIpc) is 2.89. The van der Waals surface area contributed by atoms with E-state index in [-0.39, 0.29) is 6.03 Å². The Morgan fingerprint density at radius 1 is 1.29 bits per heavy atom. The van der Waals surface area contributed by atoms with Crippen LogP contribution < -0.4 is 5.32 Å². The molecule has 1 N–H and O–H groups in total. The van der Waals surface area contributed by atoms with Gasteiger partial charge in [-0.25, -0.2) is 9.78 Å². The summed E-state index contributed by atoms with van der Waals surface area (Å²) in [5, 5.41) is 6.89. The van der Waals surface area contributed by atoms with Crippen LogP contribution in [-0.2, 0) is 19.7 Å². The number of amides is 1. The van der Waals surface area contributed by atoms with Crippen molar-refractivity contribution in [3.05, 3.63) is 11.6 Å². The number of rotatable bonds is 8. The fourth-order valence-electron chi connectivity index (χ4n) is 1.98. The number of nitrogens with one attached hydrogen (secondary N) is 1. The Hall–Kier alpha value is -1.29. The number of hydrogen-bond acceptors (Lipinski definition) is 6. The molecule has 0 spiro atoms. The molecule has 1 aromatic heterocycles. The molecule has 0 aliphatic carbocycles. The zero-order chi connectivity index (χ0) is 15.9. The maximum atomic E-state index is 12.0. The molecule has 0 aliphatic rings. The largest absolute Gasteiger partial charge is 0.500 e. The van der Waals surface area contributed by atoms with E-state index in [1.807, 2.05) is 6.92 Å². The molecular weight excluding hydrogens is 292 g/mol. The number of aromatic nitrogens is 3. The van der Waals surface area contributed by atoms with Crippen molar-refractivity contribution in [3.8, 4) is 0 Å². The summed E-state index contributed by atoms with van der Waals surface area (Å²) in [5.41, 5.74) is 0. The molecule has 0 aromatic carbocycles. The zero-order valence-corrected chi connectivity index (χ0v) is 14.3. The van der Waals surface area contributed by atoms with Gasteiger partial charge in [-0.1, -0.05) is 6.92 Å². The van der Waals surface area contributed by atoms with Crippen molar-refractivity contribution in [3.63, 3.8) is 0 Å². The van der Waals surface area contributed by atoms with E-state index >= 15 is 0 Å². The second-order valence-electron chi connectivity index (χ2n) is 4.47. The van der Waals surface area contributed by atoms with Crippen LogP contribution in [0.5, 0.6) is 0 Å². The van der Waals surface area contributed by atoms with Crippen molar-refractivity contribution < 1.29 is 18.1 Å². The van der Waals surface area contributed by atoms with Crippen molar-refractivity contribution in [1.82, 2.24) is 20.1 Å². The van der Waals surface area contributed by atoms with Crippen LogP contribution in [0.2, 0.25) is 6.04 Å². The van der Waals surface area contributed by atoms with Gasteiger partial charge in [0.2, 0.25) is 0 Å². The molecule has 1 aromatic rings. The first kappa shape index (κ1) is 17.8. The first-order valence-electron chi connectivity index (χ1n) is 6.88. The van der Waals surface area contributed by atoms with Gasteiger partial charge in [-0.05, 0) is 13.3 Å². The lowest BCUT2D eigenvalue weighted by Gasteiger charge is -2.24. The highest BCUT2D eigenvalue weighted by molar-refractivity contribution is 6.60. The minimum Gasteiger partial charge on any atom is -0.377 e. The summed E-state index contributed by atoms with van der Waals surface area (Å²) in [7, 11) is 2.15. The molecule has 0 radical (unpaired) electrons. The number of carbonyl (C=O) groups excluding carboxylic acids is 1. The lowest BCUT2D eigenvalue weighted by molar-refractivity contribution is 0.123. The van der Waals surface area contributed by atoms with Crippen LogP contribution in [0.25, 0.3) is 0 Å². The van der Waals surface area contributed by atoms with Gasteiger partial charge < -0.3 is 18.6 Å². The first-order valence-corrected chi connectivity index (χ1v) is 8.81. The average molecular weight is 316 g/mol. The molecule has 0 bridgehead atoms. The molecule has 0 saturated heterocycles. The SMILES string of the molecule is CCc1nc(C)nn1C(=O)NCCC[Si](OC)(OC)OC. The van der Waals surface area contributed by atoms with Crippen molar-refractivity contribution in [1.29, 1.82) is 0 Å². The molecule has 9 heteroatoms. The van der Waals surface area contributed by atoms with Gasteiger partial charge in [-0.15, -0.1) is 5.10 Å². The normalized spacial score (nSPS) is 11.7. The van der Waals surface area contributed by atoms with Gasteiger partial charge in [0.15, 0.2) is 0 Å². The first-order chi connectivity index (χ1) is 10.0. The third-order valence-corrected chi connectivity index (χ3v) is 5.99. The maximum Gasteiger partial charge on any atom is 0.500 e. The predicted octanol–water partition coefficient (Wildman–Crippen LogP) is 0.975. The Bertz CT molecular complexity index is 454. The topological polar surface area (TPSA) is 87.5 Å². The lowest BCUT2D eigenvalue weighted by atomic mass is 10.4. The Kier molecular flexibility index (Phi) is 6.95. The fraction of sp³-hybridized carbons (Fsp3) is 0.750. The van der Waals surface area contributed by atoms with Crippen LogP contribution in [0.1, 0.15) is 25.0 Å². The second kappa shape index (κ2) is 8.22. The van der Waals surface area contributed by atoms with E-state index in [0.29, 0.717) is 37.1 Å². The predicted molar refractivity (Wildman–Crippen MR) is 79.1 cm³/mol. The van der Waals surface area contributed by atoms with Crippen LogP contribution in [0.4, 0.5) is 4.79 Å². The Labute approximate surface area is 126 Å². The van der Waals surface area contributed by atoms with E-state index in [1.165, 1.54) is 4.68 Å². The van der Waals surface area contributed by atoms with E-state index < -0.39 is 8.80 Å². The Morgan fingerprint density at radius 2 is 1.90 bits per heavy atom. The minimum absolute atomic E-state index is 0.271. The standard InChI is InChI=1S/C12H24N4O4Si/c1-6-11-14-10(2)15-16(11)12(17)13-8-7-9-21(18-3,19-4)20-5/h6-9H2,1-5H3,(H,13,17). The van der Waals surface area contributed by atoms with Gasteiger partial charge >= 0.3 is 14.8 Å². The number of nitrogens with zero attached hydrogens (tertiary/aromatic N) is 3. The maximum absolute atomic E-state index is 12.0. The molecule has 8 nitrogen and oxygen atoms in total. The van der Waals surface area contributed by atoms with Gasteiger partial charge in [-0.2, -0.15) is 4.68 Å². The summed E-state index contributed by atoms with van der Waals surface area (Å²) in [4.78, 5) is 16.2. The lowest BCUT2D eigenvalue weighted by Crippen LogP contribution is -2.43. The van der Waals surface area contributed by atoms with Crippen LogP contribution in [-0.4, -0.2) is 57.5 Å². The molecule has 1 heterocycles. The van der Waals surface area contributed by atoms with Gasteiger partial charge in [0.1, 0.15) is 11.6 Å². The molecule has 1 rings (SSSR count). The summed E-state index contributed by atoms with van der Waals surface area (Å²) in [5.74, 6) is 1.24. The summed E-state index contributed by atoms with van der Waals surface area (Å²) >= 11 is 0. The monoisotopic (exact) mass is 316 g/mol. The number of hydrogen-bond donors (Lipinski definition) is 1. The van der Waals surface area contributed by atoms with E-state index in [2.05, 4.69) is 15.4 Å². The molecule has 0 unspecified atom stereocenters. The van der Waals surface area contributed by atoms with E-state index in [4.69, 9.17) is 13.3 Å². The highest BCUT2D eigenvalue weighted by atomic mass is 28.4. The van der Waals surface area contributed by atoms with Gasteiger partial charge in [-0.3, -0.25) is 0 Å². The second-order valence-corrected chi connectivity index (χ2v) is 7.56. The van der Waals surface area contributed by atoms with Crippen molar-refractivity contribution in [2.24, 2.45) is 0 Å². The van der Waals surface area contributed by atoms with Crippen LogP contribution in [0.15, 0.2) is 0 Å². The highest BCUT2D eigenvalue weighted by Gasteiger charge is 2.36. The Morgan fingerprint density at radius 3 is 2.43 bits per heavy atom. The number of carbonyl (C=O) groups is 1. The van der Waals surface area contributed by atoms with Gasteiger partial charge in [0, 0.05) is 40.3 Å². The Balaban J connectivity index is 2.47. The molecular formula is C12H24N4O4Si. The van der Waals surface area contributed by atoms with Crippen molar-refractivity contribution >= 4 is 14.8 Å². The van der Waals surface area contributed by atoms with E-state index in [1.54, 1.807) is 28.3 Å². The van der Waals surface area contributed by atoms with Gasteiger partial charge in [0.25, 0.3) is 0 Å². The number of aryl methyl sites for hydroxylation is 2. The summed E-state index contributed by atoms with van der Waals surface area (Å²) in [6.07, 6.45) is 1.35. The van der Waals surface area contributed by atoms with Crippen LogP contribution >= 0.6 is 0 Å². The van der Waals surface area contributed by atoms with Crippen LogP contribution in [0.3, 0.4) is 0 Å². The van der Waals surface area contributed by atoms with Gasteiger partial charge in [0.05, 0.1) is 0 Å². The molecule has 0 atom stereocenters. The third kappa shape index (κ3) is 4.60. The quantitative estimate of drug-likeness (QED) is 0.568. The zero-order valence-electron chi connectivity index (χ0n) is 13.3. The highest BCUT2D eigenvalue weighted by Crippen LogP contribution is 2.14. The molecule has 0 fully saturated rings. The summed E-state index contributed by atoms with van der Waals surface area (Å²) in [6, 6.07) is 0.361. The van der Waals surface area contributed by atoms with E-state index in [0.717, 1.165) is 0 Å². The smallest absolute Gasteiger partial charge is 0.377 e. The summed E-state index contributed by atoms with van der Waals surface area (Å²) in [6.45, 7) is 4.19. The minimum atomic E-state index is -2.57. The van der Waals surface area contributed by atoms with E-state index in [9.17, 15) is 4.79 Å². The molecule has 0 aliphatic heterocycles. The van der Waals surface area contributed by atoms with Crippen molar-refractivity contribution in [2.75, 3.05) is 27.9 Å².